The van der Waals surface area contributed by atoms with Crippen molar-refractivity contribution in [2.24, 2.45) is 0 Å². The molecule has 1 amide bonds. The van der Waals surface area contributed by atoms with Crippen LogP contribution in [-0.2, 0) is 10.0 Å². The molecule has 0 aromatic heterocycles. The van der Waals surface area contributed by atoms with Crippen LogP contribution in [0.5, 0.6) is 0 Å². The van der Waals surface area contributed by atoms with Gasteiger partial charge in [0.1, 0.15) is 0 Å². The van der Waals surface area contributed by atoms with E-state index >= 15 is 0 Å². The van der Waals surface area contributed by atoms with Crippen LogP contribution in [0.4, 0.5) is 0 Å². The van der Waals surface area contributed by atoms with Gasteiger partial charge in [-0.3, -0.25) is 4.79 Å². The molecule has 0 aliphatic rings. The molecule has 1 atom stereocenters. The summed E-state index contributed by atoms with van der Waals surface area (Å²) in [5.41, 5.74) is 0.468. The lowest BCUT2D eigenvalue weighted by Crippen LogP contribution is -2.32. The Morgan fingerprint density at radius 1 is 1.09 bits per heavy atom. The van der Waals surface area contributed by atoms with Crippen molar-refractivity contribution in [2.45, 2.75) is 70.4 Å². The second-order valence-electron chi connectivity index (χ2n) is 6.17. The van der Waals surface area contributed by atoms with Gasteiger partial charge in [0.15, 0.2) is 0 Å². The molecule has 6 heteroatoms. The smallest absolute Gasteiger partial charge is 0.251 e. The zero-order valence-corrected chi connectivity index (χ0v) is 15.2. The van der Waals surface area contributed by atoms with Crippen molar-refractivity contribution in [2.75, 3.05) is 0 Å². The van der Waals surface area contributed by atoms with Crippen LogP contribution >= 0.6 is 0 Å². The quantitative estimate of drug-likeness (QED) is 0.678. The minimum atomic E-state index is -3.52. The van der Waals surface area contributed by atoms with E-state index in [1.165, 1.54) is 12.1 Å². The van der Waals surface area contributed by atoms with Gasteiger partial charge in [0.25, 0.3) is 5.91 Å². The highest BCUT2D eigenvalue weighted by Crippen LogP contribution is 2.12. The number of benzene rings is 1. The van der Waals surface area contributed by atoms with Gasteiger partial charge in [-0.2, -0.15) is 0 Å². The largest absolute Gasteiger partial charge is 0.350 e. The van der Waals surface area contributed by atoms with E-state index in [0.717, 1.165) is 25.7 Å². The van der Waals surface area contributed by atoms with Crippen molar-refractivity contribution in [1.29, 1.82) is 0 Å². The summed E-state index contributed by atoms with van der Waals surface area (Å²) in [4.78, 5) is 12.3. The molecule has 1 aromatic carbocycles. The number of carbonyl (C=O) groups excluding carboxylic acids is 1. The summed E-state index contributed by atoms with van der Waals surface area (Å²) in [5.74, 6) is -0.172. The van der Waals surface area contributed by atoms with E-state index in [2.05, 4.69) is 17.0 Å². The van der Waals surface area contributed by atoms with Gasteiger partial charge in [-0.05, 0) is 51.5 Å². The van der Waals surface area contributed by atoms with Crippen LogP contribution in [0.1, 0.15) is 63.7 Å². The minimum absolute atomic E-state index is 0.111. The highest BCUT2D eigenvalue weighted by Gasteiger charge is 2.16. The Morgan fingerprint density at radius 2 is 1.70 bits per heavy atom. The Morgan fingerprint density at radius 3 is 2.22 bits per heavy atom. The SMILES string of the molecule is CCCCCC(C)NC(=O)c1ccc(S(=O)(=O)NC(C)C)cc1. The fraction of sp³-hybridized carbons (Fsp3) is 0.588. The molecule has 130 valence electrons. The first-order valence-electron chi connectivity index (χ1n) is 8.19. The first-order chi connectivity index (χ1) is 10.8. The molecule has 1 unspecified atom stereocenters. The van der Waals surface area contributed by atoms with Crippen LogP contribution in [0.3, 0.4) is 0 Å². The predicted octanol–water partition coefficient (Wildman–Crippen LogP) is 3.07. The van der Waals surface area contributed by atoms with Gasteiger partial charge >= 0.3 is 0 Å². The number of rotatable bonds is 9. The number of hydrogen-bond acceptors (Lipinski definition) is 3. The molecule has 5 nitrogen and oxygen atoms in total. The molecule has 23 heavy (non-hydrogen) atoms. The number of hydrogen-bond donors (Lipinski definition) is 2. The molecule has 0 saturated heterocycles. The van der Waals surface area contributed by atoms with E-state index in [9.17, 15) is 13.2 Å². The molecule has 0 bridgehead atoms. The van der Waals surface area contributed by atoms with E-state index in [-0.39, 0.29) is 22.9 Å². The first kappa shape index (κ1) is 19.6. The molecular weight excluding hydrogens is 312 g/mol. The third-order valence-electron chi connectivity index (χ3n) is 3.44. The molecule has 1 aromatic rings. The van der Waals surface area contributed by atoms with Gasteiger partial charge in [-0.15, -0.1) is 0 Å². The summed E-state index contributed by atoms with van der Waals surface area (Å²) in [7, 11) is -3.52. The standard InChI is InChI=1S/C17H28N2O3S/c1-5-6-7-8-14(4)18-17(20)15-9-11-16(12-10-15)23(21,22)19-13(2)3/h9-14,19H,5-8H2,1-4H3,(H,18,20). The van der Waals surface area contributed by atoms with E-state index in [4.69, 9.17) is 0 Å². The molecule has 0 radical (unpaired) electrons. The van der Waals surface area contributed by atoms with Crippen LogP contribution in [0.25, 0.3) is 0 Å². The maximum absolute atomic E-state index is 12.2. The van der Waals surface area contributed by atoms with Crippen LogP contribution in [0.2, 0.25) is 0 Å². The van der Waals surface area contributed by atoms with Crippen molar-refractivity contribution in [3.05, 3.63) is 29.8 Å². The maximum Gasteiger partial charge on any atom is 0.251 e. The average Bonchev–Trinajstić information content (AvgIpc) is 2.46. The lowest BCUT2D eigenvalue weighted by molar-refractivity contribution is 0.0938. The highest BCUT2D eigenvalue weighted by molar-refractivity contribution is 7.89. The summed E-state index contributed by atoms with van der Waals surface area (Å²) in [5, 5.41) is 2.94. The van der Waals surface area contributed by atoms with Crippen molar-refractivity contribution < 1.29 is 13.2 Å². The zero-order valence-electron chi connectivity index (χ0n) is 14.4. The molecule has 0 heterocycles. The molecular formula is C17H28N2O3S. The lowest BCUT2D eigenvalue weighted by Gasteiger charge is -2.14. The Kier molecular flexibility index (Phi) is 7.72. The van der Waals surface area contributed by atoms with E-state index < -0.39 is 10.0 Å². The fourth-order valence-corrected chi connectivity index (χ4v) is 3.49. The molecule has 0 aliphatic carbocycles. The van der Waals surface area contributed by atoms with Crippen LogP contribution < -0.4 is 10.0 Å². The Bertz CT molecular complexity index is 595. The maximum atomic E-state index is 12.2. The number of nitrogens with one attached hydrogen (secondary N) is 2. The predicted molar refractivity (Wildman–Crippen MR) is 93.0 cm³/mol. The van der Waals surface area contributed by atoms with Crippen LogP contribution in [0.15, 0.2) is 29.2 Å². The van der Waals surface area contributed by atoms with Crippen LogP contribution in [0, 0.1) is 0 Å². The Labute approximate surface area is 139 Å². The molecule has 0 aliphatic heterocycles. The number of sulfonamides is 1. The summed E-state index contributed by atoms with van der Waals surface area (Å²) in [6.45, 7) is 7.66. The molecule has 0 spiro atoms. The van der Waals surface area contributed by atoms with Gasteiger partial charge in [0.05, 0.1) is 4.90 Å². The third kappa shape index (κ3) is 6.71. The first-order valence-corrected chi connectivity index (χ1v) is 9.67. The second kappa shape index (κ2) is 9.03. The van der Waals surface area contributed by atoms with Gasteiger partial charge < -0.3 is 5.32 Å². The average molecular weight is 340 g/mol. The summed E-state index contributed by atoms with van der Waals surface area (Å²) in [6.07, 6.45) is 4.36. The molecule has 0 fully saturated rings. The fourth-order valence-electron chi connectivity index (χ4n) is 2.24. The normalized spacial score (nSPS) is 13.1. The third-order valence-corrected chi connectivity index (χ3v) is 5.11. The van der Waals surface area contributed by atoms with Gasteiger partial charge in [-0.1, -0.05) is 26.2 Å². The van der Waals surface area contributed by atoms with Crippen molar-refractivity contribution in [3.8, 4) is 0 Å². The van der Waals surface area contributed by atoms with E-state index in [1.807, 2.05) is 6.92 Å². The monoisotopic (exact) mass is 340 g/mol. The molecule has 1 rings (SSSR count). The van der Waals surface area contributed by atoms with Gasteiger partial charge in [0.2, 0.25) is 10.0 Å². The Balaban J connectivity index is 2.67. The van der Waals surface area contributed by atoms with E-state index in [0.29, 0.717) is 5.56 Å². The van der Waals surface area contributed by atoms with Crippen LogP contribution in [-0.4, -0.2) is 26.4 Å². The van der Waals surface area contributed by atoms with Crippen molar-refractivity contribution >= 4 is 15.9 Å². The topological polar surface area (TPSA) is 75.3 Å². The highest BCUT2D eigenvalue weighted by atomic mass is 32.2. The molecule has 2 N–H and O–H groups in total. The number of carbonyl (C=O) groups is 1. The summed E-state index contributed by atoms with van der Waals surface area (Å²) < 4.78 is 26.6. The lowest BCUT2D eigenvalue weighted by atomic mass is 10.1. The van der Waals surface area contributed by atoms with Gasteiger partial charge in [0, 0.05) is 17.6 Å². The Hall–Kier alpha value is -1.40. The summed E-state index contributed by atoms with van der Waals surface area (Å²) in [6, 6.07) is 5.95. The van der Waals surface area contributed by atoms with E-state index in [1.54, 1.807) is 26.0 Å². The zero-order chi connectivity index (χ0) is 17.5. The molecule has 0 saturated carbocycles. The summed E-state index contributed by atoms with van der Waals surface area (Å²) >= 11 is 0. The van der Waals surface area contributed by atoms with Crippen molar-refractivity contribution in [1.82, 2.24) is 10.0 Å². The minimum Gasteiger partial charge on any atom is -0.350 e. The van der Waals surface area contributed by atoms with Gasteiger partial charge in [-0.25, -0.2) is 13.1 Å². The van der Waals surface area contributed by atoms with Crippen molar-refractivity contribution in [3.63, 3.8) is 0 Å². The number of amides is 1. The second-order valence-corrected chi connectivity index (χ2v) is 7.88. The number of unbranched alkanes of at least 4 members (excludes halogenated alkanes) is 2.